The molecule has 0 radical (unpaired) electrons. The zero-order valence-corrected chi connectivity index (χ0v) is 11.1. The molecule has 1 aliphatic heterocycles. The van der Waals surface area contributed by atoms with Gasteiger partial charge in [-0.05, 0) is 32.0 Å². The number of hydrogen-bond donors (Lipinski definition) is 0. The normalized spacial score (nSPS) is 19.9. The summed E-state index contributed by atoms with van der Waals surface area (Å²) < 4.78 is 0. The molecule has 17 heavy (non-hydrogen) atoms. The van der Waals surface area contributed by atoms with E-state index in [0.717, 1.165) is 6.29 Å². The quantitative estimate of drug-likeness (QED) is 0.731. The minimum Gasteiger partial charge on any atom is -0.303 e. The largest absolute Gasteiger partial charge is 0.303 e. The highest BCUT2D eigenvalue weighted by molar-refractivity contribution is 5.51. The fourth-order valence-corrected chi connectivity index (χ4v) is 2.01. The molecule has 0 N–H and O–H groups in total. The summed E-state index contributed by atoms with van der Waals surface area (Å²) in [5.41, 5.74) is 1.47. The van der Waals surface area contributed by atoms with E-state index in [4.69, 9.17) is 0 Å². The van der Waals surface area contributed by atoms with Crippen molar-refractivity contribution in [3.8, 4) is 0 Å². The molecule has 1 fully saturated rings. The molecule has 2 heteroatoms. The topological polar surface area (TPSA) is 20.3 Å². The van der Waals surface area contributed by atoms with Crippen LogP contribution in [0, 0.1) is 5.92 Å². The summed E-state index contributed by atoms with van der Waals surface area (Å²) in [6, 6.07) is 11.5. The van der Waals surface area contributed by atoms with Crippen LogP contribution in [0.3, 0.4) is 0 Å². The van der Waals surface area contributed by atoms with Gasteiger partial charge in [-0.2, -0.15) is 0 Å². The molecule has 1 saturated heterocycles. The Hall–Kier alpha value is -1.15. The molecule has 94 valence electrons. The number of benzene rings is 1. The Morgan fingerprint density at radius 1 is 1.29 bits per heavy atom. The summed E-state index contributed by atoms with van der Waals surface area (Å²) in [7, 11) is 2.21. The number of nitrogens with zero attached hydrogens (tertiary/aromatic N) is 1. The maximum Gasteiger partial charge on any atom is 0.122 e. The van der Waals surface area contributed by atoms with Gasteiger partial charge >= 0.3 is 0 Å². The van der Waals surface area contributed by atoms with E-state index in [1.54, 1.807) is 0 Å². The average molecular weight is 233 g/mol. The minimum atomic E-state index is 0.204. The predicted octanol–water partition coefficient (Wildman–Crippen LogP) is 3.29. The molecule has 0 saturated carbocycles. The number of carbonyl (C=O) groups is 1. The second-order valence-corrected chi connectivity index (χ2v) is 4.93. The lowest BCUT2D eigenvalue weighted by molar-refractivity contribution is -0.110. The van der Waals surface area contributed by atoms with Gasteiger partial charge in [0.05, 0.1) is 0 Å². The molecule has 1 aromatic carbocycles. The zero-order chi connectivity index (χ0) is 12.7. The van der Waals surface area contributed by atoms with E-state index in [1.807, 2.05) is 13.8 Å². The van der Waals surface area contributed by atoms with Crippen LogP contribution in [0.5, 0.6) is 0 Å². The van der Waals surface area contributed by atoms with Gasteiger partial charge in [0.15, 0.2) is 0 Å². The highest BCUT2D eigenvalue weighted by Gasteiger charge is 2.21. The molecule has 0 amide bonds. The first kappa shape index (κ1) is 13.9. The van der Waals surface area contributed by atoms with Gasteiger partial charge in [0.1, 0.15) is 6.29 Å². The number of carbonyl (C=O) groups excluding carboxylic acids is 1. The lowest BCUT2D eigenvalue weighted by Gasteiger charge is -2.19. The fraction of sp³-hybridized carbons (Fsp3) is 0.533. The maximum absolute atomic E-state index is 9.50. The van der Waals surface area contributed by atoms with Crippen molar-refractivity contribution in [2.24, 2.45) is 5.92 Å². The van der Waals surface area contributed by atoms with Crippen LogP contribution >= 0.6 is 0 Å². The Kier molecular flexibility index (Phi) is 5.92. The monoisotopic (exact) mass is 233 g/mol. The Labute approximate surface area is 105 Å². The van der Waals surface area contributed by atoms with Gasteiger partial charge in [-0.25, -0.2) is 0 Å². The summed E-state index contributed by atoms with van der Waals surface area (Å²) in [6.45, 7) is 4.96. The Morgan fingerprint density at radius 2 is 1.88 bits per heavy atom. The molecule has 0 aromatic heterocycles. The van der Waals surface area contributed by atoms with E-state index in [0.29, 0.717) is 6.04 Å². The van der Waals surface area contributed by atoms with E-state index in [-0.39, 0.29) is 5.92 Å². The van der Waals surface area contributed by atoms with Crippen LogP contribution in [0.2, 0.25) is 0 Å². The van der Waals surface area contributed by atoms with Gasteiger partial charge in [-0.3, -0.25) is 4.90 Å². The molecule has 0 bridgehead atoms. The Balaban J connectivity index is 0.000000249. The van der Waals surface area contributed by atoms with Crippen LogP contribution in [-0.2, 0) is 4.79 Å². The molecule has 2 nitrogen and oxygen atoms in total. The van der Waals surface area contributed by atoms with Gasteiger partial charge in [-0.1, -0.05) is 44.2 Å². The lowest BCUT2D eigenvalue weighted by Crippen LogP contribution is -2.17. The molecular formula is C15H23NO. The van der Waals surface area contributed by atoms with Crippen molar-refractivity contribution in [1.29, 1.82) is 0 Å². The van der Waals surface area contributed by atoms with Crippen LogP contribution in [0.1, 0.15) is 38.3 Å². The first-order valence-electron chi connectivity index (χ1n) is 6.35. The van der Waals surface area contributed by atoms with Crippen molar-refractivity contribution in [3.63, 3.8) is 0 Å². The third kappa shape index (κ3) is 4.70. The third-order valence-corrected chi connectivity index (χ3v) is 2.98. The maximum atomic E-state index is 9.50. The lowest BCUT2D eigenvalue weighted by atomic mass is 10.1. The minimum absolute atomic E-state index is 0.204. The van der Waals surface area contributed by atoms with Gasteiger partial charge in [0.2, 0.25) is 0 Å². The van der Waals surface area contributed by atoms with Gasteiger partial charge in [0.25, 0.3) is 0 Å². The molecule has 0 spiro atoms. The first-order valence-corrected chi connectivity index (χ1v) is 6.35. The summed E-state index contributed by atoms with van der Waals surface area (Å²) >= 11 is 0. The second-order valence-electron chi connectivity index (χ2n) is 4.93. The van der Waals surface area contributed by atoms with Crippen molar-refractivity contribution >= 4 is 6.29 Å². The molecular weight excluding hydrogens is 210 g/mol. The standard InChI is InChI=1S/C11H15N.C4H8O/c1-12-9-5-8-11(12)10-6-3-2-4-7-10;1-4(2)3-5/h2-4,6-7,11H,5,8-9H2,1H3;3-4H,1-2H3. The number of likely N-dealkylation sites (tertiary alicyclic amines) is 1. The highest BCUT2D eigenvalue weighted by Crippen LogP contribution is 2.29. The molecule has 1 heterocycles. The van der Waals surface area contributed by atoms with Crippen molar-refractivity contribution < 1.29 is 4.79 Å². The number of aldehydes is 1. The molecule has 1 unspecified atom stereocenters. The SMILES string of the molecule is CC(C)C=O.CN1CCCC1c1ccccc1. The van der Waals surface area contributed by atoms with Crippen molar-refractivity contribution in [2.75, 3.05) is 13.6 Å². The molecule has 2 rings (SSSR count). The van der Waals surface area contributed by atoms with Crippen molar-refractivity contribution in [3.05, 3.63) is 35.9 Å². The summed E-state index contributed by atoms with van der Waals surface area (Å²) in [5.74, 6) is 0.204. The average Bonchev–Trinajstić information content (AvgIpc) is 2.77. The van der Waals surface area contributed by atoms with E-state index in [1.165, 1.54) is 24.9 Å². The van der Waals surface area contributed by atoms with Crippen LogP contribution in [0.25, 0.3) is 0 Å². The van der Waals surface area contributed by atoms with Crippen molar-refractivity contribution in [1.82, 2.24) is 4.90 Å². The highest BCUT2D eigenvalue weighted by atomic mass is 16.1. The van der Waals surface area contributed by atoms with E-state index < -0.39 is 0 Å². The van der Waals surface area contributed by atoms with Crippen molar-refractivity contribution in [2.45, 2.75) is 32.7 Å². The van der Waals surface area contributed by atoms with E-state index >= 15 is 0 Å². The predicted molar refractivity (Wildman–Crippen MR) is 71.9 cm³/mol. The van der Waals surface area contributed by atoms with Gasteiger partial charge in [-0.15, -0.1) is 0 Å². The van der Waals surface area contributed by atoms with Crippen LogP contribution in [0.15, 0.2) is 30.3 Å². The van der Waals surface area contributed by atoms with Gasteiger partial charge in [0, 0.05) is 12.0 Å². The van der Waals surface area contributed by atoms with E-state index in [2.05, 4.69) is 42.3 Å². The van der Waals surface area contributed by atoms with Crippen LogP contribution < -0.4 is 0 Å². The summed E-state index contributed by atoms with van der Waals surface area (Å²) in [5, 5.41) is 0. The second kappa shape index (κ2) is 7.23. The summed E-state index contributed by atoms with van der Waals surface area (Å²) in [6.07, 6.45) is 3.58. The number of hydrogen-bond acceptors (Lipinski definition) is 2. The third-order valence-electron chi connectivity index (χ3n) is 2.98. The fourth-order valence-electron chi connectivity index (χ4n) is 2.01. The molecule has 1 atom stereocenters. The first-order chi connectivity index (χ1) is 8.15. The summed E-state index contributed by atoms with van der Waals surface area (Å²) in [4.78, 5) is 11.9. The van der Waals surface area contributed by atoms with Crippen LogP contribution in [-0.4, -0.2) is 24.8 Å². The smallest absolute Gasteiger partial charge is 0.122 e. The Bertz CT molecular complexity index is 321. The molecule has 1 aliphatic rings. The van der Waals surface area contributed by atoms with Gasteiger partial charge < -0.3 is 4.79 Å². The van der Waals surface area contributed by atoms with Crippen LogP contribution in [0.4, 0.5) is 0 Å². The Morgan fingerprint density at radius 3 is 2.29 bits per heavy atom. The zero-order valence-electron chi connectivity index (χ0n) is 11.1. The van der Waals surface area contributed by atoms with E-state index in [9.17, 15) is 4.79 Å². The molecule has 0 aliphatic carbocycles. The molecule has 1 aromatic rings. The number of rotatable bonds is 2.